The van der Waals surface area contributed by atoms with Gasteiger partial charge in [0, 0.05) is 31.4 Å². The van der Waals surface area contributed by atoms with Crippen LogP contribution in [0.5, 0.6) is 0 Å². The van der Waals surface area contributed by atoms with Crippen molar-refractivity contribution in [2.75, 3.05) is 20.3 Å². The minimum atomic E-state index is 0.698. The van der Waals surface area contributed by atoms with E-state index in [0.29, 0.717) is 11.6 Å². The van der Waals surface area contributed by atoms with Crippen molar-refractivity contribution >= 4 is 11.6 Å². The van der Waals surface area contributed by atoms with Gasteiger partial charge in [-0.2, -0.15) is 5.10 Å². The van der Waals surface area contributed by atoms with E-state index in [2.05, 4.69) is 10.4 Å². The number of halogens is 1. The van der Waals surface area contributed by atoms with Crippen LogP contribution in [0.15, 0.2) is 30.6 Å². The molecule has 2 aromatic rings. The second-order valence-corrected chi connectivity index (χ2v) is 4.84. The molecule has 0 radical (unpaired) electrons. The summed E-state index contributed by atoms with van der Waals surface area (Å²) >= 11 is 6.08. The number of hydrogen-bond donors (Lipinski definition) is 1. The lowest BCUT2D eigenvalue weighted by atomic mass is 10.1. The fraction of sp³-hybridized carbons (Fsp3) is 0.357. The normalized spacial score (nSPS) is 10.9. The molecule has 0 spiro atoms. The fourth-order valence-corrected chi connectivity index (χ4v) is 2.01. The van der Waals surface area contributed by atoms with Crippen LogP contribution in [0.25, 0.3) is 5.69 Å². The number of rotatable bonds is 6. The van der Waals surface area contributed by atoms with Crippen molar-refractivity contribution in [2.24, 2.45) is 0 Å². The van der Waals surface area contributed by atoms with Crippen LogP contribution >= 0.6 is 11.6 Å². The van der Waals surface area contributed by atoms with Crippen LogP contribution in [-0.2, 0) is 11.3 Å². The lowest BCUT2D eigenvalue weighted by molar-refractivity contribution is 0.199. The van der Waals surface area contributed by atoms with Crippen molar-refractivity contribution in [2.45, 2.75) is 13.5 Å². The zero-order valence-corrected chi connectivity index (χ0v) is 11.9. The summed E-state index contributed by atoms with van der Waals surface area (Å²) < 4.78 is 6.87. The zero-order valence-electron chi connectivity index (χ0n) is 11.2. The Morgan fingerprint density at radius 3 is 2.95 bits per heavy atom. The topological polar surface area (TPSA) is 39.1 Å². The summed E-state index contributed by atoms with van der Waals surface area (Å²) in [6.45, 7) is 4.29. The summed E-state index contributed by atoms with van der Waals surface area (Å²) in [6, 6.07) is 5.85. The standard InChI is InChI=1S/C14H18ClN3O/c1-11-8-17-18(10-11)14-7-13(15)4-3-12(14)9-16-5-6-19-2/h3-4,7-8,10,16H,5-6,9H2,1-2H3. The maximum Gasteiger partial charge on any atom is 0.0705 e. The Kier molecular flexibility index (Phi) is 4.96. The van der Waals surface area contributed by atoms with Crippen molar-refractivity contribution in [3.8, 4) is 5.69 Å². The Morgan fingerprint density at radius 1 is 1.42 bits per heavy atom. The molecule has 0 saturated carbocycles. The largest absolute Gasteiger partial charge is 0.383 e. The van der Waals surface area contributed by atoms with Gasteiger partial charge >= 0.3 is 0 Å². The first-order chi connectivity index (χ1) is 9.20. The SMILES string of the molecule is COCCNCc1ccc(Cl)cc1-n1cc(C)cn1. The molecule has 5 heteroatoms. The minimum Gasteiger partial charge on any atom is -0.383 e. The van der Waals surface area contributed by atoms with Gasteiger partial charge in [0.2, 0.25) is 0 Å². The molecule has 1 aromatic carbocycles. The van der Waals surface area contributed by atoms with Gasteiger partial charge < -0.3 is 10.1 Å². The Labute approximate surface area is 118 Å². The average molecular weight is 280 g/mol. The van der Waals surface area contributed by atoms with Gasteiger partial charge in [-0.1, -0.05) is 17.7 Å². The van der Waals surface area contributed by atoms with Gasteiger partial charge in [0.25, 0.3) is 0 Å². The number of benzene rings is 1. The van der Waals surface area contributed by atoms with Gasteiger partial charge in [-0.05, 0) is 30.2 Å². The number of methoxy groups -OCH3 is 1. The van der Waals surface area contributed by atoms with Crippen molar-refractivity contribution in [3.05, 3.63) is 46.7 Å². The highest BCUT2D eigenvalue weighted by atomic mass is 35.5. The highest BCUT2D eigenvalue weighted by Gasteiger charge is 2.06. The van der Waals surface area contributed by atoms with E-state index in [1.54, 1.807) is 7.11 Å². The minimum absolute atomic E-state index is 0.698. The van der Waals surface area contributed by atoms with E-state index in [-0.39, 0.29) is 0 Å². The van der Waals surface area contributed by atoms with Crippen molar-refractivity contribution in [1.29, 1.82) is 0 Å². The number of aryl methyl sites for hydroxylation is 1. The average Bonchev–Trinajstić information content (AvgIpc) is 2.82. The smallest absolute Gasteiger partial charge is 0.0705 e. The third kappa shape index (κ3) is 3.80. The number of ether oxygens (including phenoxy) is 1. The molecule has 0 atom stereocenters. The van der Waals surface area contributed by atoms with Crippen LogP contribution in [0.4, 0.5) is 0 Å². The van der Waals surface area contributed by atoms with Crippen LogP contribution in [0, 0.1) is 6.92 Å². The van der Waals surface area contributed by atoms with E-state index in [4.69, 9.17) is 16.3 Å². The molecule has 4 nitrogen and oxygen atoms in total. The lowest BCUT2D eigenvalue weighted by Gasteiger charge is -2.11. The fourth-order valence-electron chi connectivity index (χ4n) is 1.84. The van der Waals surface area contributed by atoms with Crippen LogP contribution in [0.1, 0.15) is 11.1 Å². The summed E-state index contributed by atoms with van der Waals surface area (Å²) in [4.78, 5) is 0. The van der Waals surface area contributed by atoms with Crippen molar-refractivity contribution < 1.29 is 4.74 Å². The maximum atomic E-state index is 6.08. The summed E-state index contributed by atoms with van der Waals surface area (Å²) in [5, 5.41) is 8.38. The first-order valence-electron chi connectivity index (χ1n) is 6.20. The van der Waals surface area contributed by atoms with E-state index in [0.717, 1.165) is 29.9 Å². The molecule has 0 fully saturated rings. The van der Waals surface area contributed by atoms with E-state index in [1.807, 2.05) is 42.2 Å². The van der Waals surface area contributed by atoms with E-state index in [9.17, 15) is 0 Å². The molecule has 19 heavy (non-hydrogen) atoms. The van der Waals surface area contributed by atoms with Gasteiger partial charge in [-0.25, -0.2) is 4.68 Å². The molecule has 0 amide bonds. The van der Waals surface area contributed by atoms with Crippen molar-refractivity contribution in [3.63, 3.8) is 0 Å². The first-order valence-corrected chi connectivity index (χ1v) is 6.58. The molecule has 0 aliphatic heterocycles. The molecule has 1 heterocycles. The third-order valence-electron chi connectivity index (χ3n) is 2.80. The predicted octanol–water partition coefficient (Wildman–Crippen LogP) is 2.57. The number of nitrogens with one attached hydrogen (secondary N) is 1. The van der Waals surface area contributed by atoms with E-state index in [1.165, 1.54) is 0 Å². The van der Waals surface area contributed by atoms with Crippen LogP contribution in [0.2, 0.25) is 5.02 Å². The van der Waals surface area contributed by atoms with Gasteiger partial charge in [0.05, 0.1) is 18.5 Å². The third-order valence-corrected chi connectivity index (χ3v) is 3.04. The Balaban J connectivity index is 2.18. The molecule has 0 unspecified atom stereocenters. The van der Waals surface area contributed by atoms with E-state index >= 15 is 0 Å². The molecular weight excluding hydrogens is 262 g/mol. The molecule has 2 rings (SSSR count). The van der Waals surface area contributed by atoms with Crippen LogP contribution in [-0.4, -0.2) is 30.0 Å². The van der Waals surface area contributed by atoms with Crippen LogP contribution in [0.3, 0.4) is 0 Å². The summed E-state index contributed by atoms with van der Waals surface area (Å²) in [5.41, 5.74) is 3.28. The van der Waals surface area contributed by atoms with E-state index < -0.39 is 0 Å². The monoisotopic (exact) mass is 279 g/mol. The van der Waals surface area contributed by atoms with Gasteiger partial charge in [0.15, 0.2) is 0 Å². The Hall–Kier alpha value is -1.36. The Bertz CT molecular complexity index is 539. The van der Waals surface area contributed by atoms with Gasteiger partial charge in [0.1, 0.15) is 0 Å². The molecule has 0 aliphatic rings. The van der Waals surface area contributed by atoms with Crippen molar-refractivity contribution in [1.82, 2.24) is 15.1 Å². The quantitative estimate of drug-likeness (QED) is 0.826. The number of nitrogens with zero attached hydrogens (tertiary/aromatic N) is 2. The molecule has 1 aromatic heterocycles. The second kappa shape index (κ2) is 6.70. The first kappa shape index (κ1) is 14.1. The highest BCUT2D eigenvalue weighted by molar-refractivity contribution is 6.30. The van der Waals surface area contributed by atoms with Crippen LogP contribution < -0.4 is 5.32 Å². The summed E-state index contributed by atoms with van der Waals surface area (Å²) in [5.74, 6) is 0. The second-order valence-electron chi connectivity index (χ2n) is 4.40. The maximum absolute atomic E-state index is 6.08. The predicted molar refractivity (Wildman–Crippen MR) is 76.9 cm³/mol. The lowest BCUT2D eigenvalue weighted by Crippen LogP contribution is -2.19. The summed E-state index contributed by atoms with van der Waals surface area (Å²) in [7, 11) is 1.70. The number of hydrogen-bond acceptors (Lipinski definition) is 3. The summed E-state index contributed by atoms with van der Waals surface area (Å²) in [6.07, 6.45) is 3.83. The molecule has 0 saturated heterocycles. The molecular formula is C14H18ClN3O. The highest BCUT2D eigenvalue weighted by Crippen LogP contribution is 2.20. The zero-order chi connectivity index (χ0) is 13.7. The molecule has 0 bridgehead atoms. The molecule has 102 valence electrons. The van der Waals surface area contributed by atoms with Gasteiger partial charge in [-0.3, -0.25) is 0 Å². The number of aromatic nitrogens is 2. The van der Waals surface area contributed by atoms with Gasteiger partial charge in [-0.15, -0.1) is 0 Å². The Morgan fingerprint density at radius 2 is 2.26 bits per heavy atom. The molecule has 0 aliphatic carbocycles. The molecule has 1 N–H and O–H groups in total.